The maximum Gasteiger partial charge on any atom is 0.416 e. The van der Waals surface area contributed by atoms with E-state index in [9.17, 15) is 13.2 Å². The van der Waals surface area contributed by atoms with E-state index in [1.165, 1.54) is 6.20 Å². The van der Waals surface area contributed by atoms with Crippen molar-refractivity contribution in [2.24, 2.45) is 0 Å². The normalized spacial score (nSPS) is 11.3. The summed E-state index contributed by atoms with van der Waals surface area (Å²) in [6.07, 6.45) is -3.03. The average molecular weight is 297 g/mol. The molecule has 0 atom stereocenters. The number of rotatable bonds is 4. The summed E-state index contributed by atoms with van der Waals surface area (Å²) in [5.41, 5.74) is -0.0313. The highest BCUT2D eigenvalue weighted by molar-refractivity contribution is 5.43. The van der Waals surface area contributed by atoms with E-state index in [-0.39, 0.29) is 11.7 Å². The number of anilines is 1. The zero-order valence-electron chi connectivity index (χ0n) is 11.5. The molecule has 0 radical (unpaired) electrons. The predicted molar refractivity (Wildman–Crippen MR) is 72.5 cm³/mol. The van der Waals surface area contributed by atoms with Gasteiger partial charge in [-0.05, 0) is 32.0 Å². The van der Waals surface area contributed by atoms with Crippen molar-refractivity contribution in [1.82, 2.24) is 9.97 Å². The van der Waals surface area contributed by atoms with Crippen LogP contribution in [-0.4, -0.2) is 16.5 Å². The van der Waals surface area contributed by atoms with E-state index >= 15 is 0 Å². The summed E-state index contributed by atoms with van der Waals surface area (Å²) in [6, 6.07) is 5.13. The van der Waals surface area contributed by atoms with E-state index in [0.29, 0.717) is 12.3 Å². The molecule has 0 fully saturated rings. The second kappa shape index (κ2) is 5.99. The highest BCUT2D eigenvalue weighted by atomic mass is 19.4. The first-order valence-corrected chi connectivity index (χ1v) is 6.32. The van der Waals surface area contributed by atoms with E-state index < -0.39 is 11.7 Å². The summed E-state index contributed by atoms with van der Waals surface area (Å²) in [7, 11) is 0. The number of aromatic nitrogens is 2. The molecule has 0 aliphatic heterocycles. The first-order valence-electron chi connectivity index (χ1n) is 6.32. The van der Waals surface area contributed by atoms with Crippen molar-refractivity contribution in [3.05, 3.63) is 41.7 Å². The van der Waals surface area contributed by atoms with Crippen molar-refractivity contribution in [2.45, 2.75) is 20.0 Å². The summed E-state index contributed by atoms with van der Waals surface area (Å²) in [5.74, 6) is 0.309. The lowest BCUT2D eigenvalue weighted by Crippen LogP contribution is -2.08. The summed E-state index contributed by atoms with van der Waals surface area (Å²) in [6.45, 7) is 4.03. The minimum Gasteiger partial charge on any atom is -0.437 e. The Morgan fingerprint density at radius 1 is 1.24 bits per heavy atom. The number of nitrogens with zero attached hydrogens (tertiary/aromatic N) is 2. The molecule has 0 spiro atoms. The van der Waals surface area contributed by atoms with Gasteiger partial charge in [0.2, 0.25) is 5.88 Å². The van der Waals surface area contributed by atoms with Gasteiger partial charge in [-0.1, -0.05) is 0 Å². The molecule has 21 heavy (non-hydrogen) atoms. The molecule has 2 aromatic heterocycles. The first-order chi connectivity index (χ1) is 9.88. The lowest BCUT2D eigenvalue weighted by Gasteiger charge is -2.12. The monoisotopic (exact) mass is 297 g/mol. The third-order valence-electron chi connectivity index (χ3n) is 2.59. The first kappa shape index (κ1) is 15.1. The smallest absolute Gasteiger partial charge is 0.416 e. The Labute approximate surface area is 120 Å². The van der Waals surface area contributed by atoms with Crippen molar-refractivity contribution in [2.75, 3.05) is 11.9 Å². The Morgan fingerprint density at radius 2 is 2.00 bits per heavy atom. The molecule has 0 aliphatic carbocycles. The Kier molecular flexibility index (Phi) is 4.30. The molecule has 2 aromatic rings. The maximum atomic E-state index is 12.9. The molecule has 0 aliphatic rings. The van der Waals surface area contributed by atoms with Crippen LogP contribution in [0.4, 0.5) is 19.0 Å². The Morgan fingerprint density at radius 3 is 2.57 bits per heavy atom. The van der Waals surface area contributed by atoms with Crippen LogP contribution < -0.4 is 10.1 Å². The topological polar surface area (TPSA) is 47.0 Å². The minimum absolute atomic E-state index is 0.113. The van der Waals surface area contributed by atoms with Crippen LogP contribution in [-0.2, 0) is 6.18 Å². The summed E-state index contributed by atoms with van der Waals surface area (Å²) in [5, 5.41) is 2.75. The van der Waals surface area contributed by atoms with Crippen molar-refractivity contribution in [1.29, 1.82) is 0 Å². The van der Waals surface area contributed by atoms with Gasteiger partial charge < -0.3 is 10.1 Å². The molecule has 4 nitrogen and oxygen atoms in total. The third kappa shape index (κ3) is 4.08. The van der Waals surface area contributed by atoms with Crippen molar-refractivity contribution in [3.63, 3.8) is 0 Å². The zero-order valence-corrected chi connectivity index (χ0v) is 11.5. The SMILES string of the molecule is CCNc1cc(C(F)(F)F)cc(Oc2ccc(C)nc2)n1. The van der Waals surface area contributed by atoms with Gasteiger partial charge in [0, 0.05) is 18.3 Å². The number of hydrogen-bond donors (Lipinski definition) is 1. The van der Waals surface area contributed by atoms with Gasteiger partial charge in [-0.15, -0.1) is 0 Å². The van der Waals surface area contributed by atoms with E-state index in [0.717, 1.165) is 17.8 Å². The van der Waals surface area contributed by atoms with E-state index in [4.69, 9.17) is 4.74 Å². The lowest BCUT2D eigenvalue weighted by atomic mass is 10.2. The molecule has 0 aromatic carbocycles. The van der Waals surface area contributed by atoms with Gasteiger partial charge in [-0.2, -0.15) is 18.2 Å². The molecule has 0 saturated heterocycles. The van der Waals surface area contributed by atoms with Crippen LogP contribution in [0.25, 0.3) is 0 Å². The van der Waals surface area contributed by atoms with Crippen LogP contribution in [0.3, 0.4) is 0 Å². The number of nitrogens with one attached hydrogen (secondary N) is 1. The standard InChI is InChI=1S/C14H14F3N3O/c1-3-18-12-6-10(14(15,16)17)7-13(20-12)21-11-5-4-9(2)19-8-11/h4-8H,3H2,1-2H3,(H,18,20). The molecule has 0 unspecified atom stereocenters. The molecular formula is C14H14F3N3O. The van der Waals surface area contributed by atoms with Crippen LogP contribution >= 0.6 is 0 Å². The fraction of sp³-hybridized carbons (Fsp3) is 0.286. The van der Waals surface area contributed by atoms with E-state index in [2.05, 4.69) is 15.3 Å². The van der Waals surface area contributed by atoms with Crippen LogP contribution in [0, 0.1) is 6.92 Å². The molecule has 0 amide bonds. The fourth-order valence-corrected chi connectivity index (χ4v) is 1.63. The number of hydrogen-bond acceptors (Lipinski definition) is 4. The van der Waals surface area contributed by atoms with Gasteiger partial charge in [-0.3, -0.25) is 4.98 Å². The number of pyridine rings is 2. The van der Waals surface area contributed by atoms with Gasteiger partial charge in [0.1, 0.15) is 11.6 Å². The molecule has 2 rings (SSSR count). The number of ether oxygens (including phenoxy) is 1. The zero-order chi connectivity index (χ0) is 15.5. The Balaban J connectivity index is 2.33. The number of aryl methyl sites for hydroxylation is 1. The molecule has 1 N–H and O–H groups in total. The fourth-order valence-electron chi connectivity index (χ4n) is 1.63. The lowest BCUT2D eigenvalue weighted by molar-refractivity contribution is -0.137. The summed E-state index contributed by atoms with van der Waals surface area (Å²) < 4.78 is 43.9. The van der Waals surface area contributed by atoms with Crippen molar-refractivity contribution >= 4 is 5.82 Å². The molecular weight excluding hydrogens is 283 g/mol. The number of halogens is 3. The second-order valence-electron chi connectivity index (χ2n) is 4.34. The van der Waals surface area contributed by atoms with Crippen LogP contribution in [0.15, 0.2) is 30.5 Å². The summed E-state index contributed by atoms with van der Waals surface area (Å²) in [4.78, 5) is 8.01. The Hall–Kier alpha value is -2.31. The molecule has 0 bridgehead atoms. The van der Waals surface area contributed by atoms with Crippen molar-refractivity contribution in [3.8, 4) is 11.6 Å². The molecule has 2 heterocycles. The van der Waals surface area contributed by atoms with Gasteiger partial charge >= 0.3 is 6.18 Å². The highest BCUT2D eigenvalue weighted by Gasteiger charge is 2.32. The van der Waals surface area contributed by atoms with Gasteiger partial charge in [-0.25, -0.2) is 0 Å². The highest BCUT2D eigenvalue weighted by Crippen LogP contribution is 2.33. The van der Waals surface area contributed by atoms with Gasteiger partial charge in [0.15, 0.2) is 0 Å². The van der Waals surface area contributed by atoms with Gasteiger partial charge in [0.25, 0.3) is 0 Å². The minimum atomic E-state index is -4.46. The largest absolute Gasteiger partial charge is 0.437 e. The average Bonchev–Trinajstić information content (AvgIpc) is 2.41. The Bertz CT molecular complexity index is 612. The van der Waals surface area contributed by atoms with Crippen LogP contribution in [0.2, 0.25) is 0 Å². The molecule has 0 saturated carbocycles. The van der Waals surface area contributed by atoms with Crippen LogP contribution in [0.5, 0.6) is 11.6 Å². The summed E-state index contributed by atoms with van der Waals surface area (Å²) >= 11 is 0. The maximum absolute atomic E-state index is 12.9. The molecule has 112 valence electrons. The number of alkyl halides is 3. The quantitative estimate of drug-likeness (QED) is 0.925. The third-order valence-corrected chi connectivity index (χ3v) is 2.59. The predicted octanol–water partition coefficient (Wildman–Crippen LogP) is 4.03. The van der Waals surface area contributed by atoms with Crippen molar-refractivity contribution < 1.29 is 17.9 Å². The van der Waals surface area contributed by atoms with E-state index in [1.54, 1.807) is 26.0 Å². The second-order valence-corrected chi connectivity index (χ2v) is 4.34. The molecule has 7 heteroatoms. The van der Waals surface area contributed by atoms with Gasteiger partial charge in [0.05, 0.1) is 11.8 Å². The van der Waals surface area contributed by atoms with Crippen LogP contribution in [0.1, 0.15) is 18.2 Å². The van der Waals surface area contributed by atoms with E-state index in [1.807, 2.05) is 0 Å².